The molecule has 0 aromatic carbocycles. The van der Waals surface area contributed by atoms with E-state index in [9.17, 15) is 15.0 Å². The first kappa shape index (κ1) is 24.5. The summed E-state index contributed by atoms with van der Waals surface area (Å²) in [5.74, 6) is -2.32. The minimum atomic E-state index is -1.89. The van der Waals surface area contributed by atoms with E-state index in [1.807, 2.05) is 19.9 Å². The van der Waals surface area contributed by atoms with Gasteiger partial charge in [-0.05, 0) is 26.6 Å². The summed E-state index contributed by atoms with van der Waals surface area (Å²) in [5, 5.41) is 20.8. The van der Waals surface area contributed by atoms with Crippen LogP contribution < -0.4 is 0 Å². The molecule has 0 aromatic heterocycles. The van der Waals surface area contributed by atoms with Crippen LogP contribution in [0.25, 0.3) is 0 Å². The fourth-order valence-electron chi connectivity index (χ4n) is 4.35. The van der Waals surface area contributed by atoms with Gasteiger partial charge >= 0.3 is 5.97 Å². The van der Waals surface area contributed by atoms with Crippen molar-refractivity contribution in [1.82, 2.24) is 0 Å². The molecule has 0 aliphatic carbocycles. The van der Waals surface area contributed by atoms with Gasteiger partial charge in [-0.2, -0.15) is 0 Å². The molecule has 0 saturated carbocycles. The first-order chi connectivity index (χ1) is 13.4. The molecule has 0 unspecified atom stereocenters. The predicted octanol–water partition coefficient (Wildman–Crippen LogP) is 2.62. The van der Waals surface area contributed by atoms with E-state index < -0.39 is 26.2 Å². The average Bonchev–Trinajstić information content (AvgIpc) is 2.59. The Morgan fingerprint density at radius 2 is 1.93 bits per heavy atom. The molecule has 2 aliphatic heterocycles. The Bertz CT molecular complexity index is 602. The molecule has 8 heteroatoms. The largest absolute Gasteiger partial charge is 0.459 e. The van der Waals surface area contributed by atoms with Crippen molar-refractivity contribution >= 4 is 14.3 Å². The molecular weight excluding hydrogens is 392 g/mol. The maximum Gasteiger partial charge on any atom is 0.311 e. The lowest BCUT2D eigenvalue weighted by Crippen LogP contribution is -2.57. The summed E-state index contributed by atoms with van der Waals surface area (Å²) < 4.78 is 23.7. The van der Waals surface area contributed by atoms with E-state index in [1.165, 1.54) is 0 Å². The van der Waals surface area contributed by atoms with E-state index >= 15 is 0 Å². The van der Waals surface area contributed by atoms with Gasteiger partial charge in [-0.25, -0.2) is 0 Å². The number of methoxy groups -OCH3 is 1. The lowest BCUT2D eigenvalue weighted by atomic mass is 9.80. The topological polar surface area (TPSA) is 94.5 Å². The number of aliphatic hydroxyl groups excluding tert-OH is 1. The average molecular weight is 431 g/mol. The van der Waals surface area contributed by atoms with Crippen molar-refractivity contribution in [1.29, 1.82) is 0 Å². The Hall–Kier alpha value is -0.773. The monoisotopic (exact) mass is 430 g/mol. The van der Waals surface area contributed by atoms with E-state index in [0.29, 0.717) is 6.42 Å². The highest BCUT2D eigenvalue weighted by molar-refractivity contribution is 6.69. The van der Waals surface area contributed by atoms with Crippen LogP contribution in [0.3, 0.4) is 0 Å². The zero-order chi connectivity index (χ0) is 22.0. The molecule has 0 spiro atoms. The molecule has 2 bridgehead atoms. The summed E-state index contributed by atoms with van der Waals surface area (Å²) in [6.07, 6.45) is 0.799. The molecule has 168 valence electrons. The predicted molar refractivity (Wildman–Crippen MR) is 112 cm³/mol. The standard InChI is InChI=1S/C21H38O7Si/c1-13-8-16(12-22)26-19(23)11-21(24)10-18(28-29(5,6)7)15(3)20(27-21)14(2)17(9-13)25-4/h9,14-18,20,22,24H,8,10-12H2,1-7H3/b13-9+/t14-,15-,16-,17-,18+,20+,21+/m1/s1. The highest BCUT2D eigenvalue weighted by atomic mass is 28.4. The molecule has 0 radical (unpaired) electrons. The van der Waals surface area contributed by atoms with Crippen molar-refractivity contribution in [2.24, 2.45) is 11.8 Å². The molecule has 2 heterocycles. The van der Waals surface area contributed by atoms with Gasteiger partial charge in [0.25, 0.3) is 0 Å². The number of fused-ring (bicyclic) bond motifs is 2. The summed E-state index contributed by atoms with van der Waals surface area (Å²) in [7, 11) is -0.239. The molecule has 2 aliphatic rings. The van der Waals surface area contributed by atoms with Gasteiger partial charge in [-0.1, -0.05) is 25.5 Å². The molecule has 29 heavy (non-hydrogen) atoms. The van der Waals surface area contributed by atoms with Gasteiger partial charge in [0.05, 0.1) is 31.3 Å². The molecule has 1 saturated heterocycles. The second-order valence-corrected chi connectivity index (χ2v) is 14.1. The Morgan fingerprint density at radius 1 is 1.28 bits per heavy atom. The Balaban J connectivity index is 2.44. The molecule has 2 N–H and O–H groups in total. The maximum absolute atomic E-state index is 12.5. The fourth-order valence-corrected chi connectivity index (χ4v) is 5.56. The normalized spacial score (nSPS) is 41.6. The van der Waals surface area contributed by atoms with Crippen molar-refractivity contribution in [3.05, 3.63) is 11.6 Å². The third kappa shape index (κ3) is 6.60. The molecule has 1 fully saturated rings. The van der Waals surface area contributed by atoms with Gasteiger partial charge in [-0.15, -0.1) is 0 Å². The van der Waals surface area contributed by atoms with Crippen LogP contribution in [0.4, 0.5) is 0 Å². The van der Waals surface area contributed by atoms with Crippen molar-refractivity contribution in [2.45, 2.75) is 89.9 Å². The molecule has 0 aromatic rings. The van der Waals surface area contributed by atoms with Crippen molar-refractivity contribution in [2.75, 3.05) is 13.7 Å². The minimum Gasteiger partial charge on any atom is -0.459 e. The second kappa shape index (κ2) is 9.57. The highest BCUT2D eigenvalue weighted by Gasteiger charge is 2.50. The first-order valence-electron chi connectivity index (χ1n) is 10.5. The van der Waals surface area contributed by atoms with E-state index in [4.69, 9.17) is 18.6 Å². The summed E-state index contributed by atoms with van der Waals surface area (Å²) >= 11 is 0. The molecular formula is C21H38O7Si. The van der Waals surface area contributed by atoms with Crippen LogP contribution in [-0.2, 0) is 23.4 Å². The van der Waals surface area contributed by atoms with Gasteiger partial charge < -0.3 is 28.8 Å². The number of cyclic esters (lactones) is 1. The Labute approximate surface area is 175 Å². The van der Waals surface area contributed by atoms with Crippen molar-refractivity contribution in [3.8, 4) is 0 Å². The fraction of sp³-hybridized carbons (Fsp3) is 0.857. The highest BCUT2D eigenvalue weighted by Crippen LogP contribution is 2.41. The van der Waals surface area contributed by atoms with Crippen LogP contribution in [0.15, 0.2) is 11.6 Å². The van der Waals surface area contributed by atoms with E-state index in [2.05, 4.69) is 26.6 Å². The van der Waals surface area contributed by atoms with Gasteiger partial charge in [-0.3, -0.25) is 4.79 Å². The van der Waals surface area contributed by atoms with Crippen LogP contribution in [0, 0.1) is 11.8 Å². The molecule has 0 amide bonds. The lowest BCUT2D eigenvalue weighted by Gasteiger charge is -2.49. The van der Waals surface area contributed by atoms with Gasteiger partial charge in [0.2, 0.25) is 0 Å². The number of esters is 1. The second-order valence-electron chi connectivity index (χ2n) is 9.61. The van der Waals surface area contributed by atoms with E-state index in [-0.39, 0.29) is 49.6 Å². The van der Waals surface area contributed by atoms with Gasteiger partial charge in [0.15, 0.2) is 14.1 Å². The molecule has 7 nitrogen and oxygen atoms in total. The number of rotatable bonds is 4. The summed E-state index contributed by atoms with van der Waals surface area (Å²) in [6, 6.07) is 0. The van der Waals surface area contributed by atoms with Crippen LogP contribution in [0.1, 0.15) is 40.0 Å². The number of ether oxygens (including phenoxy) is 3. The van der Waals surface area contributed by atoms with Gasteiger partial charge in [0, 0.05) is 31.8 Å². The third-order valence-electron chi connectivity index (χ3n) is 5.71. The third-order valence-corrected chi connectivity index (χ3v) is 6.72. The Kier molecular flexibility index (Phi) is 8.09. The molecule has 2 rings (SSSR count). The maximum atomic E-state index is 12.5. The molecule has 7 atom stereocenters. The smallest absolute Gasteiger partial charge is 0.311 e. The van der Waals surface area contributed by atoms with Crippen LogP contribution in [0.5, 0.6) is 0 Å². The summed E-state index contributed by atoms with van der Waals surface area (Å²) in [6.45, 7) is 12.1. The zero-order valence-electron chi connectivity index (χ0n) is 18.8. The van der Waals surface area contributed by atoms with Gasteiger partial charge in [0.1, 0.15) is 6.10 Å². The van der Waals surface area contributed by atoms with Crippen LogP contribution in [-0.4, -0.2) is 68.4 Å². The lowest BCUT2D eigenvalue weighted by molar-refractivity contribution is -0.300. The summed E-state index contributed by atoms with van der Waals surface area (Å²) in [4.78, 5) is 12.5. The summed E-state index contributed by atoms with van der Waals surface area (Å²) in [5.41, 5.74) is 0.963. The number of carbonyl (C=O) groups is 1. The SMILES string of the molecule is CO[C@@H]1/C=C(\C)C[C@H](CO)OC(=O)C[C@]2(O)C[C@H](O[Si](C)(C)C)[C@@H](C)[C@@H](O2)[C@@H]1C. The van der Waals surface area contributed by atoms with E-state index in [0.717, 1.165) is 5.57 Å². The van der Waals surface area contributed by atoms with Crippen molar-refractivity contribution in [3.63, 3.8) is 0 Å². The van der Waals surface area contributed by atoms with E-state index in [1.54, 1.807) is 7.11 Å². The Morgan fingerprint density at radius 3 is 2.48 bits per heavy atom. The number of hydrogen-bond donors (Lipinski definition) is 2. The van der Waals surface area contributed by atoms with Crippen LogP contribution in [0.2, 0.25) is 19.6 Å². The number of hydrogen-bond acceptors (Lipinski definition) is 7. The number of carbonyl (C=O) groups excluding carboxylic acids is 1. The van der Waals surface area contributed by atoms with Crippen LogP contribution >= 0.6 is 0 Å². The first-order valence-corrected chi connectivity index (χ1v) is 13.9. The minimum absolute atomic E-state index is 0.0208. The zero-order valence-corrected chi connectivity index (χ0v) is 19.8. The quantitative estimate of drug-likeness (QED) is 0.402. The van der Waals surface area contributed by atoms with Crippen molar-refractivity contribution < 1.29 is 33.6 Å². The number of aliphatic hydroxyl groups is 2.